The molecule has 2 amide bonds. The van der Waals surface area contributed by atoms with Gasteiger partial charge in [-0.3, -0.25) is 14.5 Å². The first-order valence-electron chi connectivity index (χ1n) is 5.92. The molecule has 1 aliphatic heterocycles. The molecule has 2 unspecified atom stereocenters. The van der Waals surface area contributed by atoms with E-state index in [4.69, 9.17) is 5.73 Å². The SMILES string of the molecule is CC1=CC(=O)N(C2CCCCCC2N)C1=O. The lowest BCUT2D eigenvalue weighted by atomic mass is 10.0. The summed E-state index contributed by atoms with van der Waals surface area (Å²) in [5.74, 6) is -0.350. The lowest BCUT2D eigenvalue weighted by Crippen LogP contribution is -2.50. The van der Waals surface area contributed by atoms with Crippen LogP contribution in [0.3, 0.4) is 0 Å². The molecule has 2 aliphatic rings. The molecule has 16 heavy (non-hydrogen) atoms. The topological polar surface area (TPSA) is 63.4 Å². The van der Waals surface area contributed by atoms with E-state index < -0.39 is 0 Å². The third kappa shape index (κ3) is 1.89. The lowest BCUT2D eigenvalue weighted by molar-refractivity contribution is -0.140. The van der Waals surface area contributed by atoms with Crippen LogP contribution in [-0.2, 0) is 9.59 Å². The van der Waals surface area contributed by atoms with E-state index in [-0.39, 0.29) is 23.9 Å². The van der Waals surface area contributed by atoms with Crippen LogP contribution in [0.25, 0.3) is 0 Å². The normalized spacial score (nSPS) is 31.6. The maximum Gasteiger partial charge on any atom is 0.256 e. The van der Waals surface area contributed by atoms with Gasteiger partial charge in [-0.05, 0) is 19.8 Å². The summed E-state index contributed by atoms with van der Waals surface area (Å²) < 4.78 is 0. The number of nitrogens with zero attached hydrogens (tertiary/aromatic N) is 1. The zero-order valence-corrected chi connectivity index (χ0v) is 9.61. The Balaban J connectivity index is 2.17. The van der Waals surface area contributed by atoms with Crippen molar-refractivity contribution in [2.45, 2.75) is 51.1 Å². The molecule has 1 fully saturated rings. The molecule has 88 valence electrons. The molecular formula is C12H18N2O2. The van der Waals surface area contributed by atoms with Gasteiger partial charge in [-0.25, -0.2) is 0 Å². The second-order valence-corrected chi connectivity index (χ2v) is 4.71. The average molecular weight is 222 g/mol. The standard InChI is InChI=1S/C12H18N2O2/c1-8-7-11(15)14(12(8)16)10-6-4-2-3-5-9(10)13/h7,9-10H,2-6,13H2,1H3. The number of amides is 2. The van der Waals surface area contributed by atoms with Crippen molar-refractivity contribution in [1.29, 1.82) is 0 Å². The van der Waals surface area contributed by atoms with E-state index in [9.17, 15) is 9.59 Å². The lowest BCUT2D eigenvalue weighted by Gasteiger charge is -2.29. The number of rotatable bonds is 1. The van der Waals surface area contributed by atoms with E-state index >= 15 is 0 Å². The number of nitrogens with two attached hydrogens (primary N) is 1. The van der Waals surface area contributed by atoms with Gasteiger partial charge in [-0.15, -0.1) is 0 Å². The Morgan fingerprint density at radius 2 is 1.94 bits per heavy atom. The molecule has 0 aromatic rings. The summed E-state index contributed by atoms with van der Waals surface area (Å²) in [5, 5.41) is 0. The molecule has 0 aromatic carbocycles. The highest BCUT2D eigenvalue weighted by atomic mass is 16.2. The van der Waals surface area contributed by atoms with Crippen LogP contribution in [0.2, 0.25) is 0 Å². The average Bonchev–Trinajstić information content (AvgIpc) is 2.43. The Kier molecular flexibility index (Phi) is 3.10. The van der Waals surface area contributed by atoms with Gasteiger partial charge in [0.05, 0.1) is 6.04 Å². The number of imide groups is 1. The third-order valence-electron chi connectivity index (χ3n) is 3.50. The fraction of sp³-hybridized carbons (Fsp3) is 0.667. The second-order valence-electron chi connectivity index (χ2n) is 4.71. The van der Waals surface area contributed by atoms with E-state index in [1.54, 1.807) is 6.92 Å². The van der Waals surface area contributed by atoms with Gasteiger partial charge in [0.15, 0.2) is 0 Å². The molecule has 0 bridgehead atoms. The van der Waals surface area contributed by atoms with E-state index in [0.717, 1.165) is 32.1 Å². The van der Waals surface area contributed by atoms with Gasteiger partial charge in [0, 0.05) is 17.7 Å². The first-order chi connectivity index (χ1) is 7.61. The smallest absolute Gasteiger partial charge is 0.256 e. The van der Waals surface area contributed by atoms with Gasteiger partial charge in [-0.2, -0.15) is 0 Å². The van der Waals surface area contributed by atoms with Crippen molar-refractivity contribution < 1.29 is 9.59 Å². The van der Waals surface area contributed by atoms with Crippen LogP contribution in [0.5, 0.6) is 0 Å². The molecule has 2 N–H and O–H groups in total. The van der Waals surface area contributed by atoms with Gasteiger partial charge in [0.1, 0.15) is 0 Å². The molecule has 2 rings (SSSR count). The summed E-state index contributed by atoms with van der Waals surface area (Å²) in [4.78, 5) is 24.9. The minimum Gasteiger partial charge on any atom is -0.326 e. The molecule has 0 spiro atoms. The maximum atomic E-state index is 11.9. The van der Waals surface area contributed by atoms with Crippen molar-refractivity contribution in [2.24, 2.45) is 5.73 Å². The fourth-order valence-electron chi connectivity index (χ4n) is 2.56. The van der Waals surface area contributed by atoms with Crippen molar-refractivity contribution in [3.8, 4) is 0 Å². The summed E-state index contributed by atoms with van der Waals surface area (Å²) in [6, 6.07) is -0.161. The Bertz CT molecular complexity index is 349. The first-order valence-corrected chi connectivity index (χ1v) is 5.92. The van der Waals surface area contributed by atoms with Crippen molar-refractivity contribution in [3.63, 3.8) is 0 Å². The molecule has 0 saturated heterocycles. The predicted octanol–water partition coefficient (Wildman–Crippen LogP) is 0.962. The number of carbonyl (C=O) groups excluding carboxylic acids is 2. The van der Waals surface area contributed by atoms with Gasteiger partial charge >= 0.3 is 0 Å². The molecular weight excluding hydrogens is 204 g/mol. The van der Waals surface area contributed by atoms with Crippen LogP contribution < -0.4 is 5.73 Å². The molecule has 0 radical (unpaired) electrons. The summed E-state index contributed by atoms with van der Waals surface area (Å²) in [6.45, 7) is 1.68. The Labute approximate surface area is 95.5 Å². The quantitative estimate of drug-likeness (QED) is 0.531. The molecule has 1 aliphatic carbocycles. The molecule has 1 saturated carbocycles. The molecule has 4 heteroatoms. The fourth-order valence-corrected chi connectivity index (χ4v) is 2.56. The monoisotopic (exact) mass is 222 g/mol. The van der Waals surface area contributed by atoms with E-state index in [1.807, 2.05) is 0 Å². The van der Waals surface area contributed by atoms with Gasteiger partial charge in [0.25, 0.3) is 11.8 Å². The zero-order valence-electron chi connectivity index (χ0n) is 9.61. The third-order valence-corrected chi connectivity index (χ3v) is 3.50. The van der Waals surface area contributed by atoms with E-state index in [2.05, 4.69) is 0 Å². The van der Waals surface area contributed by atoms with Crippen LogP contribution in [-0.4, -0.2) is 28.8 Å². The van der Waals surface area contributed by atoms with Gasteiger partial charge in [0.2, 0.25) is 0 Å². The minimum atomic E-state index is -0.190. The number of hydrogen-bond donors (Lipinski definition) is 1. The van der Waals surface area contributed by atoms with Crippen molar-refractivity contribution in [3.05, 3.63) is 11.6 Å². The summed E-state index contributed by atoms with van der Waals surface area (Å²) in [6.07, 6.45) is 6.46. The van der Waals surface area contributed by atoms with Crippen LogP contribution in [0, 0.1) is 0 Å². The number of carbonyl (C=O) groups is 2. The number of hydrogen-bond acceptors (Lipinski definition) is 3. The summed E-state index contributed by atoms with van der Waals surface area (Å²) in [5.41, 5.74) is 6.59. The summed E-state index contributed by atoms with van der Waals surface area (Å²) in [7, 11) is 0. The van der Waals surface area contributed by atoms with E-state index in [1.165, 1.54) is 11.0 Å². The van der Waals surface area contributed by atoms with Crippen molar-refractivity contribution >= 4 is 11.8 Å². The van der Waals surface area contributed by atoms with Crippen LogP contribution in [0.15, 0.2) is 11.6 Å². The molecule has 1 heterocycles. The largest absolute Gasteiger partial charge is 0.326 e. The molecule has 2 atom stereocenters. The van der Waals surface area contributed by atoms with Gasteiger partial charge < -0.3 is 5.73 Å². The first kappa shape index (κ1) is 11.3. The Hall–Kier alpha value is -1.16. The Morgan fingerprint density at radius 3 is 2.56 bits per heavy atom. The van der Waals surface area contributed by atoms with Crippen molar-refractivity contribution in [1.82, 2.24) is 4.90 Å². The van der Waals surface area contributed by atoms with Crippen molar-refractivity contribution in [2.75, 3.05) is 0 Å². The summed E-state index contributed by atoms with van der Waals surface area (Å²) >= 11 is 0. The molecule has 0 aromatic heterocycles. The Morgan fingerprint density at radius 1 is 1.25 bits per heavy atom. The highest BCUT2D eigenvalue weighted by Crippen LogP contribution is 2.25. The molecule has 4 nitrogen and oxygen atoms in total. The predicted molar refractivity (Wildman–Crippen MR) is 60.5 cm³/mol. The van der Waals surface area contributed by atoms with Crippen LogP contribution in [0.4, 0.5) is 0 Å². The highest BCUT2D eigenvalue weighted by Gasteiger charge is 2.37. The minimum absolute atomic E-state index is 0.0605. The highest BCUT2D eigenvalue weighted by molar-refractivity contribution is 6.16. The second kappa shape index (κ2) is 4.37. The van der Waals surface area contributed by atoms with Crippen LogP contribution >= 0.6 is 0 Å². The van der Waals surface area contributed by atoms with Crippen LogP contribution in [0.1, 0.15) is 39.0 Å². The van der Waals surface area contributed by atoms with Gasteiger partial charge in [-0.1, -0.05) is 19.3 Å². The zero-order chi connectivity index (χ0) is 11.7. The maximum absolute atomic E-state index is 11.9. The van der Waals surface area contributed by atoms with E-state index in [0.29, 0.717) is 5.57 Å².